The van der Waals surface area contributed by atoms with Gasteiger partial charge in [-0.05, 0) is 68.5 Å². The molecular formula is C18H23NO. The summed E-state index contributed by atoms with van der Waals surface area (Å²) in [6.07, 6.45) is 3.17. The molecule has 0 amide bonds. The molecule has 20 heavy (non-hydrogen) atoms. The average Bonchev–Trinajstić information content (AvgIpc) is 2.40. The lowest BCUT2D eigenvalue weighted by molar-refractivity contribution is 0.474. The summed E-state index contributed by atoms with van der Waals surface area (Å²) in [5.74, 6) is 0.353. The number of benzene rings is 2. The Kier molecular flexibility index (Phi) is 5.05. The lowest BCUT2D eigenvalue weighted by atomic mass is 10.0. The summed E-state index contributed by atoms with van der Waals surface area (Å²) in [6, 6.07) is 16.6. The molecule has 0 atom stereocenters. The second-order valence-corrected chi connectivity index (χ2v) is 5.52. The normalized spacial score (nSPS) is 10.8. The van der Waals surface area contributed by atoms with Crippen LogP contribution >= 0.6 is 0 Å². The monoisotopic (exact) mass is 269 g/mol. The SMILES string of the molecule is CC(C)Nc1ccc(CCCc2cccc(O)c2)cc1. The third kappa shape index (κ3) is 4.61. The molecule has 0 radical (unpaired) electrons. The van der Waals surface area contributed by atoms with Crippen LogP contribution in [0.4, 0.5) is 5.69 Å². The molecule has 0 aliphatic rings. The van der Waals surface area contributed by atoms with Gasteiger partial charge in [0.25, 0.3) is 0 Å². The quantitative estimate of drug-likeness (QED) is 0.815. The average molecular weight is 269 g/mol. The van der Waals surface area contributed by atoms with Gasteiger partial charge >= 0.3 is 0 Å². The zero-order valence-electron chi connectivity index (χ0n) is 12.3. The molecule has 0 aromatic heterocycles. The molecule has 2 rings (SSSR count). The van der Waals surface area contributed by atoms with Crippen LogP contribution in [-0.2, 0) is 12.8 Å². The van der Waals surface area contributed by atoms with Crippen molar-refractivity contribution in [3.63, 3.8) is 0 Å². The van der Waals surface area contributed by atoms with E-state index in [2.05, 4.69) is 49.5 Å². The third-order valence-electron chi connectivity index (χ3n) is 3.25. The highest BCUT2D eigenvalue weighted by molar-refractivity contribution is 5.45. The summed E-state index contributed by atoms with van der Waals surface area (Å²) < 4.78 is 0. The fourth-order valence-electron chi connectivity index (χ4n) is 2.31. The lowest BCUT2D eigenvalue weighted by Crippen LogP contribution is -2.09. The Labute approximate surface area is 121 Å². The molecule has 0 spiro atoms. The Hall–Kier alpha value is -1.96. The number of nitrogens with one attached hydrogen (secondary N) is 1. The van der Waals surface area contributed by atoms with Crippen molar-refractivity contribution in [3.8, 4) is 5.75 Å². The van der Waals surface area contributed by atoms with Gasteiger partial charge in [-0.25, -0.2) is 0 Å². The van der Waals surface area contributed by atoms with E-state index in [1.807, 2.05) is 12.1 Å². The largest absolute Gasteiger partial charge is 0.508 e. The predicted octanol–water partition coefficient (Wildman–Crippen LogP) is 4.39. The van der Waals surface area contributed by atoms with E-state index >= 15 is 0 Å². The zero-order chi connectivity index (χ0) is 14.4. The molecule has 2 nitrogen and oxygen atoms in total. The standard InChI is InChI=1S/C18H23NO/c1-14(2)19-17-11-9-15(10-12-17)5-3-6-16-7-4-8-18(20)13-16/h4,7-14,19-20H,3,5-6H2,1-2H3. The van der Waals surface area contributed by atoms with Crippen molar-refractivity contribution in [3.05, 3.63) is 59.7 Å². The van der Waals surface area contributed by atoms with Gasteiger partial charge in [-0.3, -0.25) is 0 Å². The molecule has 2 N–H and O–H groups in total. The van der Waals surface area contributed by atoms with Gasteiger partial charge < -0.3 is 10.4 Å². The fourth-order valence-corrected chi connectivity index (χ4v) is 2.31. The summed E-state index contributed by atoms with van der Waals surface area (Å²) in [5.41, 5.74) is 3.74. The maximum absolute atomic E-state index is 9.42. The number of hydrogen-bond acceptors (Lipinski definition) is 2. The van der Waals surface area contributed by atoms with Crippen molar-refractivity contribution < 1.29 is 5.11 Å². The van der Waals surface area contributed by atoms with Crippen LogP contribution in [0.1, 0.15) is 31.4 Å². The van der Waals surface area contributed by atoms with E-state index in [4.69, 9.17) is 0 Å². The van der Waals surface area contributed by atoms with Crippen LogP contribution in [0.2, 0.25) is 0 Å². The highest BCUT2D eigenvalue weighted by Crippen LogP contribution is 2.15. The number of phenolic OH excluding ortho intramolecular Hbond substituents is 1. The van der Waals surface area contributed by atoms with Crippen molar-refractivity contribution in [1.29, 1.82) is 0 Å². The first-order valence-electron chi connectivity index (χ1n) is 7.27. The third-order valence-corrected chi connectivity index (χ3v) is 3.25. The predicted molar refractivity (Wildman–Crippen MR) is 85.3 cm³/mol. The molecule has 0 fully saturated rings. The molecular weight excluding hydrogens is 246 g/mol. The van der Waals surface area contributed by atoms with E-state index in [0.717, 1.165) is 19.3 Å². The molecule has 2 aromatic carbocycles. The molecule has 0 heterocycles. The minimum atomic E-state index is 0.353. The van der Waals surface area contributed by atoms with Crippen LogP contribution in [0.15, 0.2) is 48.5 Å². The molecule has 0 saturated carbocycles. The first kappa shape index (κ1) is 14.4. The van der Waals surface area contributed by atoms with Gasteiger partial charge in [0.2, 0.25) is 0 Å². The molecule has 2 heteroatoms. The van der Waals surface area contributed by atoms with E-state index in [1.165, 1.54) is 16.8 Å². The molecule has 106 valence electrons. The Morgan fingerprint density at radius 2 is 1.65 bits per heavy atom. The first-order valence-corrected chi connectivity index (χ1v) is 7.27. The molecule has 0 unspecified atom stereocenters. The Bertz CT molecular complexity index is 531. The molecule has 0 saturated heterocycles. The van der Waals surface area contributed by atoms with E-state index in [-0.39, 0.29) is 0 Å². The number of rotatable bonds is 6. The van der Waals surface area contributed by atoms with Gasteiger partial charge in [0.1, 0.15) is 5.75 Å². The van der Waals surface area contributed by atoms with E-state index in [9.17, 15) is 5.11 Å². The van der Waals surface area contributed by atoms with Crippen molar-refractivity contribution in [2.45, 2.75) is 39.2 Å². The summed E-state index contributed by atoms with van der Waals surface area (Å²) in [6.45, 7) is 4.28. The van der Waals surface area contributed by atoms with E-state index in [0.29, 0.717) is 11.8 Å². The second kappa shape index (κ2) is 6.99. The lowest BCUT2D eigenvalue weighted by Gasteiger charge is -2.10. The van der Waals surface area contributed by atoms with E-state index in [1.54, 1.807) is 6.07 Å². The summed E-state index contributed by atoms with van der Waals surface area (Å²) in [5, 5.41) is 12.8. The van der Waals surface area contributed by atoms with Crippen LogP contribution in [-0.4, -0.2) is 11.1 Å². The molecule has 2 aromatic rings. The first-order chi connectivity index (χ1) is 9.63. The van der Waals surface area contributed by atoms with Crippen LogP contribution in [0, 0.1) is 0 Å². The number of aromatic hydroxyl groups is 1. The summed E-state index contributed by atoms with van der Waals surface area (Å²) in [4.78, 5) is 0. The highest BCUT2D eigenvalue weighted by atomic mass is 16.3. The number of phenols is 1. The molecule has 0 bridgehead atoms. The van der Waals surface area contributed by atoms with Crippen molar-refractivity contribution in [2.75, 3.05) is 5.32 Å². The second-order valence-electron chi connectivity index (χ2n) is 5.52. The number of hydrogen-bond donors (Lipinski definition) is 2. The smallest absolute Gasteiger partial charge is 0.115 e. The van der Waals surface area contributed by atoms with Gasteiger partial charge in [0, 0.05) is 11.7 Å². The Morgan fingerprint density at radius 1 is 0.950 bits per heavy atom. The van der Waals surface area contributed by atoms with Gasteiger partial charge in [0.05, 0.1) is 0 Å². The Morgan fingerprint density at radius 3 is 2.30 bits per heavy atom. The van der Waals surface area contributed by atoms with Crippen molar-refractivity contribution in [2.24, 2.45) is 0 Å². The topological polar surface area (TPSA) is 32.3 Å². The molecule has 0 aliphatic heterocycles. The van der Waals surface area contributed by atoms with Gasteiger partial charge in [-0.1, -0.05) is 24.3 Å². The number of anilines is 1. The maximum atomic E-state index is 9.42. The minimum Gasteiger partial charge on any atom is -0.508 e. The highest BCUT2D eigenvalue weighted by Gasteiger charge is 1.99. The Balaban J connectivity index is 1.82. The van der Waals surface area contributed by atoms with Gasteiger partial charge in [0.15, 0.2) is 0 Å². The zero-order valence-corrected chi connectivity index (χ0v) is 12.3. The summed E-state index contributed by atoms with van der Waals surface area (Å²) >= 11 is 0. The van der Waals surface area contributed by atoms with Crippen molar-refractivity contribution >= 4 is 5.69 Å². The maximum Gasteiger partial charge on any atom is 0.115 e. The van der Waals surface area contributed by atoms with E-state index < -0.39 is 0 Å². The van der Waals surface area contributed by atoms with Crippen molar-refractivity contribution in [1.82, 2.24) is 0 Å². The van der Waals surface area contributed by atoms with Crippen LogP contribution in [0.3, 0.4) is 0 Å². The van der Waals surface area contributed by atoms with Crippen LogP contribution in [0.25, 0.3) is 0 Å². The number of aryl methyl sites for hydroxylation is 2. The molecule has 0 aliphatic carbocycles. The van der Waals surface area contributed by atoms with Gasteiger partial charge in [-0.15, -0.1) is 0 Å². The minimum absolute atomic E-state index is 0.353. The summed E-state index contributed by atoms with van der Waals surface area (Å²) in [7, 11) is 0. The fraction of sp³-hybridized carbons (Fsp3) is 0.333. The van der Waals surface area contributed by atoms with Crippen LogP contribution < -0.4 is 5.32 Å². The van der Waals surface area contributed by atoms with Gasteiger partial charge in [-0.2, -0.15) is 0 Å². The van der Waals surface area contributed by atoms with Crippen LogP contribution in [0.5, 0.6) is 5.75 Å².